The normalized spacial score (nSPS) is 14.7. The van der Waals surface area contributed by atoms with Gasteiger partial charge in [-0.25, -0.2) is 0 Å². The molecule has 2 unspecified atom stereocenters. The minimum Gasteiger partial charge on any atom is -0.380 e. The fourth-order valence-corrected chi connectivity index (χ4v) is 1.42. The summed E-state index contributed by atoms with van der Waals surface area (Å²) >= 11 is 0. The first-order chi connectivity index (χ1) is 8.02. The maximum atomic E-state index is 11.9. The molecule has 17 heavy (non-hydrogen) atoms. The molecule has 0 saturated carbocycles. The van der Waals surface area contributed by atoms with Gasteiger partial charge in [0.25, 0.3) is 0 Å². The van der Waals surface area contributed by atoms with E-state index in [0.717, 1.165) is 13.1 Å². The van der Waals surface area contributed by atoms with Crippen LogP contribution in [0.2, 0.25) is 0 Å². The van der Waals surface area contributed by atoms with Gasteiger partial charge < -0.3 is 15.4 Å². The lowest BCUT2D eigenvalue weighted by molar-refractivity contribution is -0.126. The van der Waals surface area contributed by atoms with Crippen molar-refractivity contribution in [3.8, 4) is 0 Å². The molecule has 0 radical (unpaired) electrons. The Kier molecular flexibility index (Phi) is 9.09. The Morgan fingerprint density at radius 3 is 2.35 bits per heavy atom. The summed E-state index contributed by atoms with van der Waals surface area (Å²) in [6, 6.07) is 0.103. The monoisotopic (exact) mass is 244 g/mol. The molecule has 0 rings (SSSR count). The summed E-state index contributed by atoms with van der Waals surface area (Å²) in [5.41, 5.74) is 0. The predicted octanol–water partition coefficient (Wildman–Crippen LogP) is 1.41. The Labute approximate surface area is 105 Å². The Morgan fingerprint density at radius 2 is 1.88 bits per heavy atom. The van der Waals surface area contributed by atoms with Crippen molar-refractivity contribution >= 4 is 5.91 Å². The van der Waals surface area contributed by atoms with Crippen molar-refractivity contribution in [2.24, 2.45) is 11.8 Å². The lowest BCUT2D eigenvalue weighted by Crippen LogP contribution is -2.45. The highest BCUT2D eigenvalue weighted by atomic mass is 16.5. The zero-order valence-corrected chi connectivity index (χ0v) is 11.9. The van der Waals surface area contributed by atoms with Gasteiger partial charge >= 0.3 is 0 Å². The molecule has 102 valence electrons. The fraction of sp³-hybridized carbons (Fsp3) is 0.923. The number of ether oxygens (including phenoxy) is 1. The quantitative estimate of drug-likeness (QED) is 0.645. The van der Waals surface area contributed by atoms with E-state index in [9.17, 15) is 4.79 Å². The summed E-state index contributed by atoms with van der Waals surface area (Å²) in [6.45, 7) is 13.0. The number of rotatable bonds is 9. The van der Waals surface area contributed by atoms with Crippen LogP contribution in [0.1, 0.15) is 34.6 Å². The molecular formula is C13H28N2O2. The molecule has 0 heterocycles. The molecule has 4 heteroatoms. The van der Waals surface area contributed by atoms with Crippen molar-refractivity contribution in [2.45, 2.75) is 40.7 Å². The molecule has 0 saturated heterocycles. The van der Waals surface area contributed by atoms with Gasteiger partial charge in [0.1, 0.15) is 0 Å². The Balaban J connectivity index is 4.10. The first kappa shape index (κ1) is 16.4. The summed E-state index contributed by atoms with van der Waals surface area (Å²) in [7, 11) is 0. The standard InChI is InChI=1S/C13H28N2O2/c1-6-14-8-11(5)13(16)15-12(10(3)4)9-17-7-2/h10-12,14H,6-9H2,1-5H3,(H,15,16). The molecule has 1 amide bonds. The second-order valence-electron chi connectivity index (χ2n) is 4.73. The summed E-state index contributed by atoms with van der Waals surface area (Å²) in [5.74, 6) is 0.485. The van der Waals surface area contributed by atoms with Crippen molar-refractivity contribution in [2.75, 3.05) is 26.3 Å². The van der Waals surface area contributed by atoms with Crippen LogP contribution in [0.4, 0.5) is 0 Å². The minimum atomic E-state index is -0.00201. The average Bonchev–Trinajstić information content (AvgIpc) is 2.30. The molecule has 2 atom stereocenters. The number of amides is 1. The SMILES string of the molecule is CCNCC(C)C(=O)NC(COCC)C(C)C. The molecule has 0 aromatic carbocycles. The van der Waals surface area contributed by atoms with Gasteiger partial charge in [0.2, 0.25) is 5.91 Å². The Morgan fingerprint density at radius 1 is 1.24 bits per heavy atom. The van der Waals surface area contributed by atoms with Crippen LogP contribution >= 0.6 is 0 Å². The zero-order valence-electron chi connectivity index (χ0n) is 11.9. The summed E-state index contributed by atoms with van der Waals surface area (Å²) in [4.78, 5) is 11.9. The van der Waals surface area contributed by atoms with E-state index in [0.29, 0.717) is 19.1 Å². The summed E-state index contributed by atoms with van der Waals surface area (Å²) in [5, 5.41) is 6.24. The van der Waals surface area contributed by atoms with E-state index in [2.05, 4.69) is 24.5 Å². The van der Waals surface area contributed by atoms with Crippen molar-refractivity contribution in [3.05, 3.63) is 0 Å². The summed E-state index contributed by atoms with van der Waals surface area (Å²) in [6.07, 6.45) is 0. The van der Waals surface area contributed by atoms with Gasteiger partial charge in [0.05, 0.1) is 12.6 Å². The molecule has 0 aliphatic carbocycles. The van der Waals surface area contributed by atoms with Crippen LogP contribution in [0.5, 0.6) is 0 Å². The van der Waals surface area contributed by atoms with E-state index in [4.69, 9.17) is 4.74 Å². The molecule has 0 aromatic rings. The molecule has 0 bridgehead atoms. The first-order valence-electron chi connectivity index (χ1n) is 6.61. The second-order valence-corrected chi connectivity index (χ2v) is 4.73. The molecular weight excluding hydrogens is 216 g/mol. The van der Waals surface area contributed by atoms with Gasteiger partial charge in [0.15, 0.2) is 0 Å². The number of hydrogen-bond acceptors (Lipinski definition) is 3. The zero-order chi connectivity index (χ0) is 13.3. The molecule has 0 aromatic heterocycles. The van der Waals surface area contributed by atoms with Gasteiger partial charge in [-0.2, -0.15) is 0 Å². The Hall–Kier alpha value is -0.610. The van der Waals surface area contributed by atoms with Gasteiger partial charge in [0, 0.05) is 19.1 Å². The van der Waals surface area contributed by atoms with E-state index in [1.807, 2.05) is 20.8 Å². The second kappa shape index (κ2) is 9.42. The molecule has 2 N–H and O–H groups in total. The lowest BCUT2D eigenvalue weighted by atomic mass is 10.0. The van der Waals surface area contributed by atoms with Gasteiger partial charge in [-0.1, -0.05) is 27.7 Å². The average molecular weight is 244 g/mol. The maximum Gasteiger partial charge on any atom is 0.224 e. The number of carbonyl (C=O) groups excluding carboxylic acids is 1. The van der Waals surface area contributed by atoms with Crippen LogP contribution in [-0.2, 0) is 9.53 Å². The highest BCUT2D eigenvalue weighted by molar-refractivity contribution is 5.78. The molecule has 0 spiro atoms. The van der Waals surface area contributed by atoms with Crippen LogP contribution in [0.25, 0.3) is 0 Å². The van der Waals surface area contributed by atoms with Crippen molar-refractivity contribution in [1.29, 1.82) is 0 Å². The van der Waals surface area contributed by atoms with E-state index in [-0.39, 0.29) is 17.9 Å². The predicted molar refractivity (Wildman–Crippen MR) is 71.0 cm³/mol. The fourth-order valence-electron chi connectivity index (χ4n) is 1.42. The molecule has 0 aliphatic rings. The third kappa shape index (κ3) is 7.34. The van der Waals surface area contributed by atoms with Crippen LogP contribution in [-0.4, -0.2) is 38.3 Å². The topological polar surface area (TPSA) is 50.4 Å². The van der Waals surface area contributed by atoms with Crippen molar-refractivity contribution < 1.29 is 9.53 Å². The van der Waals surface area contributed by atoms with Crippen LogP contribution in [0.15, 0.2) is 0 Å². The van der Waals surface area contributed by atoms with Crippen molar-refractivity contribution in [1.82, 2.24) is 10.6 Å². The third-order valence-electron chi connectivity index (χ3n) is 2.78. The van der Waals surface area contributed by atoms with Gasteiger partial charge in [-0.05, 0) is 19.4 Å². The first-order valence-corrected chi connectivity index (χ1v) is 6.61. The van der Waals surface area contributed by atoms with Gasteiger partial charge in [-0.3, -0.25) is 4.79 Å². The van der Waals surface area contributed by atoms with Crippen molar-refractivity contribution in [3.63, 3.8) is 0 Å². The maximum absolute atomic E-state index is 11.9. The van der Waals surface area contributed by atoms with Crippen LogP contribution < -0.4 is 10.6 Å². The number of carbonyl (C=O) groups is 1. The van der Waals surface area contributed by atoms with E-state index >= 15 is 0 Å². The third-order valence-corrected chi connectivity index (χ3v) is 2.78. The highest BCUT2D eigenvalue weighted by Crippen LogP contribution is 2.04. The molecule has 0 aliphatic heterocycles. The highest BCUT2D eigenvalue weighted by Gasteiger charge is 2.19. The van der Waals surface area contributed by atoms with E-state index in [1.54, 1.807) is 0 Å². The van der Waals surface area contributed by atoms with E-state index < -0.39 is 0 Å². The lowest BCUT2D eigenvalue weighted by Gasteiger charge is -2.24. The number of nitrogens with one attached hydrogen (secondary N) is 2. The largest absolute Gasteiger partial charge is 0.380 e. The summed E-state index contributed by atoms with van der Waals surface area (Å²) < 4.78 is 5.39. The smallest absolute Gasteiger partial charge is 0.224 e. The van der Waals surface area contributed by atoms with Gasteiger partial charge in [-0.15, -0.1) is 0 Å². The number of hydrogen-bond donors (Lipinski definition) is 2. The minimum absolute atomic E-state index is 0.00201. The molecule has 0 fully saturated rings. The van der Waals surface area contributed by atoms with Crippen LogP contribution in [0, 0.1) is 11.8 Å². The van der Waals surface area contributed by atoms with E-state index in [1.165, 1.54) is 0 Å². The Bertz CT molecular complexity index is 208. The molecule has 4 nitrogen and oxygen atoms in total. The van der Waals surface area contributed by atoms with Crippen LogP contribution in [0.3, 0.4) is 0 Å².